The molecule has 0 aromatic carbocycles. The summed E-state index contributed by atoms with van der Waals surface area (Å²) >= 11 is 0. The molecule has 256 valence electrons. The molecule has 41 heavy (non-hydrogen) atoms. The van der Waals surface area contributed by atoms with Crippen LogP contribution in [0.2, 0.25) is 0 Å². The van der Waals surface area contributed by atoms with Crippen LogP contribution in [0.3, 0.4) is 0 Å². The maximum atomic E-state index is 10.5. The van der Waals surface area contributed by atoms with Crippen molar-refractivity contribution in [2.75, 3.05) is 39.6 Å². The van der Waals surface area contributed by atoms with E-state index >= 15 is 0 Å². The van der Waals surface area contributed by atoms with Crippen molar-refractivity contribution in [2.24, 2.45) is 34.5 Å². The van der Waals surface area contributed by atoms with Crippen LogP contribution in [-0.2, 0) is 0 Å². The SMILES string of the molecule is C.CCCC(CCC)(CCC(CO)CCC(CO)C(CCC)(CCC)C(CC)CO)C(C)CO.CCO.CCO.O. The Kier molecular flexibility index (Phi) is 40.1. The first-order valence-electron chi connectivity index (χ1n) is 16.3. The summed E-state index contributed by atoms with van der Waals surface area (Å²) in [5.74, 6) is 0.886. The van der Waals surface area contributed by atoms with Crippen LogP contribution < -0.4 is 0 Å². The summed E-state index contributed by atoms with van der Waals surface area (Å²) < 4.78 is 0. The highest BCUT2D eigenvalue weighted by Crippen LogP contribution is 2.49. The zero-order chi connectivity index (χ0) is 30.7. The number of aliphatic hydroxyl groups is 6. The molecular formula is C34H78O7. The molecule has 0 aliphatic rings. The molecule has 7 nitrogen and oxygen atoms in total. The van der Waals surface area contributed by atoms with Gasteiger partial charge in [0.2, 0.25) is 0 Å². The number of hydrogen-bond donors (Lipinski definition) is 6. The van der Waals surface area contributed by atoms with Crippen molar-refractivity contribution >= 4 is 0 Å². The first-order valence-corrected chi connectivity index (χ1v) is 16.3. The smallest absolute Gasteiger partial charge is 0.0464 e. The average Bonchev–Trinajstić information content (AvgIpc) is 2.92. The van der Waals surface area contributed by atoms with Gasteiger partial charge in [-0.05, 0) is 99.7 Å². The fraction of sp³-hybridized carbons (Fsp3) is 1.00. The van der Waals surface area contributed by atoms with Gasteiger partial charge >= 0.3 is 0 Å². The van der Waals surface area contributed by atoms with E-state index in [4.69, 9.17) is 10.2 Å². The maximum absolute atomic E-state index is 10.5. The Labute approximate surface area is 256 Å². The Hall–Kier alpha value is -0.280. The molecule has 0 rings (SSSR count). The predicted molar refractivity (Wildman–Crippen MR) is 177 cm³/mol. The molecule has 0 aromatic rings. The van der Waals surface area contributed by atoms with Crippen molar-refractivity contribution in [1.29, 1.82) is 0 Å². The average molecular weight is 599 g/mol. The Morgan fingerprint density at radius 1 is 0.512 bits per heavy atom. The van der Waals surface area contributed by atoms with Crippen molar-refractivity contribution in [3.8, 4) is 0 Å². The molecule has 0 spiro atoms. The third kappa shape index (κ3) is 18.9. The fourth-order valence-electron chi connectivity index (χ4n) is 7.04. The third-order valence-electron chi connectivity index (χ3n) is 9.04. The molecule has 0 aliphatic carbocycles. The van der Waals surface area contributed by atoms with Crippen molar-refractivity contribution in [3.05, 3.63) is 0 Å². The molecule has 7 heteroatoms. The minimum Gasteiger partial charge on any atom is -0.412 e. The van der Waals surface area contributed by atoms with E-state index in [1.54, 1.807) is 13.8 Å². The second-order valence-corrected chi connectivity index (χ2v) is 11.6. The number of rotatable bonds is 22. The van der Waals surface area contributed by atoms with Gasteiger partial charge < -0.3 is 36.1 Å². The van der Waals surface area contributed by atoms with Gasteiger partial charge in [0.05, 0.1) is 0 Å². The Balaban J connectivity index is -0.000000493. The molecule has 0 fully saturated rings. The molecule has 0 aromatic heterocycles. The summed E-state index contributed by atoms with van der Waals surface area (Å²) in [5.41, 5.74) is 0.127. The van der Waals surface area contributed by atoms with Crippen molar-refractivity contribution in [2.45, 2.75) is 146 Å². The summed E-state index contributed by atoms with van der Waals surface area (Å²) in [5, 5.41) is 56.0. The van der Waals surface area contributed by atoms with E-state index in [2.05, 4.69) is 41.5 Å². The Bertz CT molecular complexity index is 472. The minimum atomic E-state index is -0.0265. The van der Waals surface area contributed by atoms with Gasteiger partial charge in [0, 0.05) is 39.6 Å². The van der Waals surface area contributed by atoms with Crippen LogP contribution in [0.15, 0.2) is 0 Å². The largest absolute Gasteiger partial charge is 0.412 e. The summed E-state index contributed by atoms with van der Waals surface area (Å²) in [6, 6.07) is 0. The third-order valence-corrected chi connectivity index (χ3v) is 9.04. The van der Waals surface area contributed by atoms with E-state index in [9.17, 15) is 20.4 Å². The molecule has 8 N–H and O–H groups in total. The molecular weight excluding hydrogens is 520 g/mol. The second kappa shape index (κ2) is 32.6. The summed E-state index contributed by atoms with van der Waals surface area (Å²) in [4.78, 5) is 0. The van der Waals surface area contributed by atoms with E-state index in [1.807, 2.05) is 0 Å². The molecule has 4 unspecified atom stereocenters. The topological polar surface area (TPSA) is 153 Å². The summed E-state index contributed by atoms with van der Waals surface area (Å²) in [6.07, 6.45) is 13.5. The van der Waals surface area contributed by atoms with Crippen LogP contribution in [0.1, 0.15) is 146 Å². The molecule has 4 atom stereocenters. The highest BCUT2D eigenvalue weighted by molar-refractivity contribution is 4.92. The number of aliphatic hydroxyl groups excluding tert-OH is 6. The van der Waals surface area contributed by atoms with Crippen molar-refractivity contribution in [3.63, 3.8) is 0 Å². The standard InChI is InChI=1S/C29H60O4.2C2H6O.CH4.H2O/c1-7-15-28(16-8-2,24(6)20-30)19-14-25(21-31)12-13-27(23-33)29(17-9-3,18-10-4)26(11-5)22-32;2*1-2-3;;/h24-27,30-33H,7-23H2,1-6H3;2*3H,2H2,1H3;1H4;1H2. The lowest BCUT2D eigenvalue weighted by atomic mass is 9.59. The zero-order valence-corrected chi connectivity index (χ0v) is 27.9. The normalized spacial score (nSPS) is 14.2. The Morgan fingerprint density at radius 2 is 0.927 bits per heavy atom. The van der Waals surface area contributed by atoms with E-state index in [0.717, 1.165) is 83.5 Å². The molecule has 0 bridgehead atoms. The Morgan fingerprint density at radius 3 is 1.22 bits per heavy atom. The molecule has 0 amide bonds. The van der Waals surface area contributed by atoms with E-state index < -0.39 is 0 Å². The van der Waals surface area contributed by atoms with Gasteiger partial charge in [0.15, 0.2) is 0 Å². The van der Waals surface area contributed by atoms with E-state index in [1.165, 1.54) is 0 Å². The van der Waals surface area contributed by atoms with Crippen LogP contribution in [0.25, 0.3) is 0 Å². The van der Waals surface area contributed by atoms with Crippen LogP contribution in [0.4, 0.5) is 0 Å². The van der Waals surface area contributed by atoms with Crippen LogP contribution in [0.5, 0.6) is 0 Å². The van der Waals surface area contributed by atoms with Gasteiger partial charge in [-0.15, -0.1) is 0 Å². The number of hydrogen-bond acceptors (Lipinski definition) is 6. The fourth-order valence-corrected chi connectivity index (χ4v) is 7.04. The lowest BCUT2D eigenvalue weighted by Gasteiger charge is -2.46. The quantitative estimate of drug-likeness (QED) is 0.0849. The van der Waals surface area contributed by atoms with Crippen molar-refractivity contribution < 1.29 is 36.1 Å². The highest BCUT2D eigenvalue weighted by atomic mass is 16.3. The predicted octanol–water partition coefficient (Wildman–Crippen LogP) is 6.39. The summed E-state index contributed by atoms with van der Waals surface area (Å²) in [6.45, 7) is 17.9. The van der Waals surface area contributed by atoms with Gasteiger partial charge in [-0.25, -0.2) is 0 Å². The van der Waals surface area contributed by atoms with Gasteiger partial charge in [0.25, 0.3) is 0 Å². The van der Waals surface area contributed by atoms with E-state index in [-0.39, 0.29) is 87.0 Å². The summed E-state index contributed by atoms with van der Waals surface area (Å²) in [7, 11) is 0. The molecule has 0 radical (unpaired) electrons. The first kappa shape index (κ1) is 50.4. The molecule has 0 aliphatic heterocycles. The van der Waals surface area contributed by atoms with Gasteiger partial charge in [0.1, 0.15) is 0 Å². The first-order chi connectivity index (χ1) is 18.7. The highest BCUT2D eigenvalue weighted by Gasteiger charge is 2.42. The van der Waals surface area contributed by atoms with Crippen molar-refractivity contribution in [1.82, 2.24) is 0 Å². The molecule has 0 saturated carbocycles. The maximum Gasteiger partial charge on any atom is 0.0464 e. The van der Waals surface area contributed by atoms with Crippen LogP contribution in [0, 0.1) is 34.5 Å². The van der Waals surface area contributed by atoms with E-state index in [0.29, 0.717) is 0 Å². The van der Waals surface area contributed by atoms with Crippen LogP contribution in [-0.4, -0.2) is 75.8 Å². The second-order valence-electron chi connectivity index (χ2n) is 11.6. The zero-order valence-electron chi connectivity index (χ0n) is 27.9. The monoisotopic (exact) mass is 599 g/mol. The molecule has 0 heterocycles. The van der Waals surface area contributed by atoms with Gasteiger partial charge in [-0.1, -0.05) is 81.1 Å². The lowest BCUT2D eigenvalue weighted by molar-refractivity contribution is -0.0245. The van der Waals surface area contributed by atoms with Gasteiger partial charge in [-0.2, -0.15) is 0 Å². The lowest BCUT2D eigenvalue weighted by Crippen LogP contribution is -2.42. The molecule has 0 saturated heterocycles. The van der Waals surface area contributed by atoms with Gasteiger partial charge in [-0.3, -0.25) is 0 Å². The van der Waals surface area contributed by atoms with Crippen LogP contribution >= 0.6 is 0 Å². The minimum absolute atomic E-state index is 0.